The molecule has 92 valence electrons. The zero-order valence-corrected chi connectivity index (χ0v) is 10.4. The average Bonchev–Trinajstić information content (AvgIpc) is 2.90. The average molecular weight is 240 g/mol. The van der Waals surface area contributed by atoms with Gasteiger partial charge in [0.25, 0.3) is 0 Å². The van der Waals surface area contributed by atoms with Crippen molar-refractivity contribution in [3.05, 3.63) is 65.8 Å². The predicted octanol–water partition coefficient (Wildman–Crippen LogP) is 3.71. The fraction of sp³-hybridized carbons (Fsp3) is 0.188. The molecule has 0 aromatic heterocycles. The van der Waals surface area contributed by atoms with Crippen molar-refractivity contribution in [2.75, 3.05) is 6.61 Å². The minimum Gasteiger partial charge on any atom is -0.494 e. The molecule has 0 heterocycles. The van der Waals surface area contributed by atoms with Crippen molar-refractivity contribution in [3.63, 3.8) is 0 Å². The van der Waals surface area contributed by atoms with Crippen LogP contribution in [0.15, 0.2) is 60.2 Å². The Morgan fingerprint density at radius 2 is 2.11 bits per heavy atom. The molecule has 0 fully saturated rings. The van der Waals surface area contributed by atoms with E-state index in [2.05, 4.69) is 12.2 Å². The molecule has 0 radical (unpaired) electrons. The Kier molecular flexibility index (Phi) is 4.13. The largest absolute Gasteiger partial charge is 0.494 e. The Labute approximate surface area is 107 Å². The van der Waals surface area contributed by atoms with E-state index in [-0.39, 0.29) is 5.78 Å². The van der Waals surface area contributed by atoms with E-state index in [0.29, 0.717) is 12.2 Å². The summed E-state index contributed by atoms with van der Waals surface area (Å²) >= 11 is 0. The Morgan fingerprint density at radius 3 is 2.72 bits per heavy atom. The van der Waals surface area contributed by atoms with Crippen LogP contribution in [0.1, 0.15) is 23.7 Å². The predicted molar refractivity (Wildman–Crippen MR) is 72.9 cm³/mol. The lowest BCUT2D eigenvalue weighted by Crippen LogP contribution is -1.95. The van der Waals surface area contributed by atoms with E-state index < -0.39 is 0 Å². The van der Waals surface area contributed by atoms with Crippen molar-refractivity contribution in [1.29, 1.82) is 0 Å². The van der Waals surface area contributed by atoms with Crippen molar-refractivity contribution in [1.82, 2.24) is 0 Å². The van der Waals surface area contributed by atoms with E-state index in [1.54, 1.807) is 18.2 Å². The van der Waals surface area contributed by atoms with Crippen molar-refractivity contribution < 1.29 is 9.53 Å². The molecule has 0 N–H and O–H groups in total. The molecule has 0 unspecified atom stereocenters. The molecule has 0 saturated carbocycles. The molecule has 2 heteroatoms. The molecule has 1 aliphatic carbocycles. The van der Waals surface area contributed by atoms with Gasteiger partial charge in [-0.15, -0.1) is 0 Å². The van der Waals surface area contributed by atoms with Crippen LogP contribution in [0, 0.1) is 0 Å². The van der Waals surface area contributed by atoms with Gasteiger partial charge >= 0.3 is 0 Å². The molecule has 18 heavy (non-hydrogen) atoms. The Balaban J connectivity index is 2.02. The first kappa shape index (κ1) is 12.4. The van der Waals surface area contributed by atoms with E-state index in [0.717, 1.165) is 17.7 Å². The SMILES string of the molecule is CCOc1ccc(C(=O)/C=C/C2=CCC=C2)cc1. The van der Waals surface area contributed by atoms with Gasteiger partial charge in [0.15, 0.2) is 5.78 Å². The van der Waals surface area contributed by atoms with Crippen molar-refractivity contribution >= 4 is 5.78 Å². The van der Waals surface area contributed by atoms with Crippen LogP contribution in [0.25, 0.3) is 0 Å². The molecule has 2 nitrogen and oxygen atoms in total. The van der Waals surface area contributed by atoms with Gasteiger partial charge in [-0.25, -0.2) is 0 Å². The summed E-state index contributed by atoms with van der Waals surface area (Å²) in [4.78, 5) is 11.9. The van der Waals surface area contributed by atoms with E-state index in [1.165, 1.54) is 0 Å². The number of carbonyl (C=O) groups excluding carboxylic acids is 1. The Bertz CT molecular complexity index is 504. The van der Waals surface area contributed by atoms with Gasteiger partial charge in [0.1, 0.15) is 5.75 Å². The molecule has 0 saturated heterocycles. The van der Waals surface area contributed by atoms with Crippen LogP contribution in [-0.4, -0.2) is 12.4 Å². The maximum absolute atomic E-state index is 11.9. The molecule has 0 bridgehead atoms. The normalized spacial score (nSPS) is 13.9. The third-order valence-corrected chi connectivity index (χ3v) is 2.68. The maximum Gasteiger partial charge on any atom is 0.185 e. The zero-order chi connectivity index (χ0) is 12.8. The smallest absolute Gasteiger partial charge is 0.185 e. The Hall–Kier alpha value is -2.09. The first-order valence-corrected chi connectivity index (χ1v) is 6.11. The summed E-state index contributed by atoms with van der Waals surface area (Å²) in [5.41, 5.74) is 1.77. The number of carbonyl (C=O) groups is 1. The number of ketones is 1. The van der Waals surface area contributed by atoms with Gasteiger partial charge in [0.05, 0.1) is 6.61 Å². The molecule has 0 atom stereocenters. The van der Waals surface area contributed by atoms with Gasteiger partial charge < -0.3 is 4.74 Å². The third-order valence-electron chi connectivity index (χ3n) is 2.68. The number of hydrogen-bond acceptors (Lipinski definition) is 2. The highest BCUT2D eigenvalue weighted by Crippen LogP contribution is 2.14. The maximum atomic E-state index is 11.9. The van der Waals surface area contributed by atoms with E-state index >= 15 is 0 Å². The van der Waals surface area contributed by atoms with Crippen molar-refractivity contribution in [2.24, 2.45) is 0 Å². The van der Waals surface area contributed by atoms with Gasteiger partial charge in [-0.3, -0.25) is 4.79 Å². The van der Waals surface area contributed by atoms with Crippen LogP contribution in [0.2, 0.25) is 0 Å². The summed E-state index contributed by atoms with van der Waals surface area (Å²) in [5, 5.41) is 0. The summed E-state index contributed by atoms with van der Waals surface area (Å²) in [6, 6.07) is 7.21. The van der Waals surface area contributed by atoms with Crippen LogP contribution in [0.3, 0.4) is 0 Å². The Morgan fingerprint density at radius 1 is 1.33 bits per heavy atom. The van der Waals surface area contributed by atoms with Gasteiger partial charge in [0, 0.05) is 5.56 Å². The fourth-order valence-electron chi connectivity index (χ4n) is 1.75. The highest BCUT2D eigenvalue weighted by Gasteiger charge is 2.02. The molecular weight excluding hydrogens is 224 g/mol. The van der Waals surface area contributed by atoms with E-state index in [4.69, 9.17) is 4.74 Å². The van der Waals surface area contributed by atoms with Crippen molar-refractivity contribution in [2.45, 2.75) is 13.3 Å². The van der Waals surface area contributed by atoms with Crippen LogP contribution < -0.4 is 4.74 Å². The third kappa shape index (κ3) is 3.20. The summed E-state index contributed by atoms with van der Waals surface area (Å²) in [6.45, 7) is 2.57. The molecular formula is C16H16O2. The molecule has 1 aromatic carbocycles. The second kappa shape index (κ2) is 6.01. The minimum absolute atomic E-state index is 0.0132. The highest BCUT2D eigenvalue weighted by atomic mass is 16.5. The van der Waals surface area contributed by atoms with Gasteiger partial charge in [-0.2, -0.15) is 0 Å². The van der Waals surface area contributed by atoms with Crippen molar-refractivity contribution in [3.8, 4) is 5.75 Å². The van der Waals surface area contributed by atoms with Crippen LogP contribution in [-0.2, 0) is 0 Å². The lowest BCUT2D eigenvalue weighted by molar-refractivity contribution is 0.104. The number of ether oxygens (including phenoxy) is 1. The second-order valence-corrected chi connectivity index (χ2v) is 4.00. The van der Waals surface area contributed by atoms with E-state index in [9.17, 15) is 4.79 Å². The van der Waals surface area contributed by atoms with Gasteiger partial charge in [-0.05, 0) is 49.3 Å². The second-order valence-electron chi connectivity index (χ2n) is 4.00. The van der Waals surface area contributed by atoms with Crippen LogP contribution in [0.4, 0.5) is 0 Å². The van der Waals surface area contributed by atoms with Gasteiger partial charge in [-0.1, -0.05) is 24.3 Å². The summed E-state index contributed by atoms with van der Waals surface area (Å²) in [5.74, 6) is 0.804. The quantitative estimate of drug-likeness (QED) is 0.579. The fourth-order valence-corrected chi connectivity index (χ4v) is 1.75. The lowest BCUT2D eigenvalue weighted by Gasteiger charge is -2.02. The number of rotatable bonds is 5. The highest BCUT2D eigenvalue weighted by molar-refractivity contribution is 6.04. The topological polar surface area (TPSA) is 26.3 Å². The van der Waals surface area contributed by atoms with Gasteiger partial charge in [0.2, 0.25) is 0 Å². The standard InChI is InChI=1S/C16H16O2/c1-2-18-15-10-8-14(9-11-15)16(17)12-7-13-5-3-4-6-13/h3,5-12H,2,4H2,1H3/b12-7+. The molecule has 0 aliphatic heterocycles. The zero-order valence-electron chi connectivity index (χ0n) is 10.4. The van der Waals surface area contributed by atoms with Crippen LogP contribution >= 0.6 is 0 Å². The molecule has 1 aliphatic rings. The first-order valence-electron chi connectivity index (χ1n) is 6.11. The molecule has 2 rings (SSSR count). The number of hydrogen-bond donors (Lipinski definition) is 0. The summed E-state index contributed by atoms with van der Waals surface area (Å²) < 4.78 is 5.33. The number of benzene rings is 1. The molecule has 0 spiro atoms. The molecule has 0 amide bonds. The lowest BCUT2D eigenvalue weighted by atomic mass is 10.1. The monoisotopic (exact) mass is 240 g/mol. The molecule has 1 aromatic rings. The number of allylic oxidation sites excluding steroid dienone is 6. The van der Waals surface area contributed by atoms with Crippen LogP contribution in [0.5, 0.6) is 5.75 Å². The summed E-state index contributed by atoms with van der Waals surface area (Å²) in [6.07, 6.45) is 10.6. The van der Waals surface area contributed by atoms with E-state index in [1.807, 2.05) is 31.2 Å². The minimum atomic E-state index is 0.0132. The first-order chi connectivity index (χ1) is 8.79. The summed E-state index contributed by atoms with van der Waals surface area (Å²) in [7, 11) is 0.